The fraction of sp³-hybridized carbons (Fsp3) is 0.462. The largest absolute Gasteiger partial charge is 0.462 e. The number of carbonyl (C=O) groups excluding carboxylic acids is 2. The van der Waals surface area contributed by atoms with Gasteiger partial charge in [-0.1, -0.05) is 0 Å². The molecule has 6 heteroatoms. The fourth-order valence-corrected chi connectivity index (χ4v) is 1.37. The van der Waals surface area contributed by atoms with Gasteiger partial charge in [-0.3, -0.25) is 9.78 Å². The van der Waals surface area contributed by atoms with Crippen LogP contribution in [0.4, 0.5) is 0 Å². The Labute approximate surface area is 112 Å². The zero-order valence-corrected chi connectivity index (χ0v) is 11.5. The number of rotatable bonds is 6. The van der Waals surface area contributed by atoms with Crippen LogP contribution in [-0.2, 0) is 16.1 Å². The van der Waals surface area contributed by atoms with Gasteiger partial charge in [-0.2, -0.15) is 0 Å². The van der Waals surface area contributed by atoms with Gasteiger partial charge >= 0.3 is 5.97 Å². The highest BCUT2D eigenvalue weighted by atomic mass is 16.5. The van der Waals surface area contributed by atoms with Gasteiger partial charge in [0.25, 0.3) is 0 Å². The lowest BCUT2D eigenvalue weighted by molar-refractivity contribution is -0.127. The van der Waals surface area contributed by atoms with E-state index in [2.05, 4.69) is 10.3 Å². The molecule has 1 N–H and O–H groups in total. The number of carbonyl (C=O) groups is 2. The van der Waals surface area contributed by atoms with E-state index in [1.165, 1.54) is 4.90 Å². The molecule has 0 atom stereocenters. The van der Waals surface area contributed by atoms with Crippen LogP contribution in [0.25, 0.3) is 0 Å². The smallest absolute Gasteiger partial charge is 0.338 e. The molecule has 1 heterocycles. The van der Waals surface area contributed by atoms with Crippen LogP contribution in [0.1, 0.15) is 23.0 Å². The van der Waals surface area contributed by atoms with Crippen molar-refractivity contribution in [3.8, 4) is 0 Å². The molecule has 1 amide bonds. The molecule has 0 aliphatic heterocycles. The Kier molecular flexibility index (Phi) is 5.95. The Morgan fingerprint density at radius 3 is 2.79 bits per heavy atom. The quantitative estimate of drug-likeness (QED) is 0.755. The molecule has 0 spiro atoms. The second kappa shape index (κ2) is 7.48. The van der Waals surface area contributed by atoms with Gasteiger partial charge in [-0.15, -0.1) is 0 Å². The van der Waals surface area contributed by atoms with Crippen molar-refractivity contribution < 1.29 is 14.3 Å². The van der Waals surface area contributed by atoms with Gasteiger partial charge in [0.2, 0.25) is 5.91 Å². The molecular weight excluding hydrogens is 246 g/mol. The van der Waals surface area contributed by atoms with Gasteiger partial charge in [0.05, 0.1) is 24.4 Å². The lowest BCUT2D eigenvalue weighted by Gasteiger charge is -2.10. The second-order valence-corrected chi connectivity index (χ2v) is 4.15. The number of aromatic nitrogens is 1. The maximum atomic E-state index is 11.5. The summed E-state index contributed by atoms with van der Waals surface area (Å²) >= 11 is 0. The Morgan fingerprint density at radius 1 is 1.42 bits per heavy atom. The number of nitrogens with zero attached hydrogens (tertiary/aromatic N) is 2. The normalized spacial score (nSPS) is 10.1. The third-order valence-corrected chi connectivity index (χ3v) is 2.41. The highest BCUT2D eigenvalue weighted by Gasteiger charge is 2.08. The number of esters is 1. The second-order valence-electron chi connectivity index (χ2n) is 4.15. The Hall–Kier alpha value is -1.95. The van der Waals surface area contributed by atoms with E-state index in [1.54, 1.807) is 39.3 Å². The average Bonchev–Trinajstić information content (AvgIpc) is 2.39. The van der Waals surface area contributed by atoms with Crippen molar-refractivity contribution in [3.05, 3.63) is 29.6 Å². The summed E-state index contributed by atoms with van der Waals surface area (Å²) in [6.07, 6.45) is 1.55. The maximum Gasteiger partial charge on any atom is 0.338 e. The predicted octanol–water partition coefficient (Wildman–Crippen LogP) is 0.436. The maximum absolute atomic E-state index is 11.5. The molecule has 0 unspecified atom stereocenters. The summed E-state index contributed by atoms with van der Waals surface area (Å²) in [5.74, 6) is -0.378. The third kappa shape index (κ3) is 5.05. The van der Waals surface area contributed by atoms with Crippen molar-refractivity contribution in [2.75, 3.05) is 27.2 Å². The van der Waals surface area contributed by atoms with Crippen molar-refractivity contribution in [1.29, 1.82) is 0 Å². The first-order chi connectivity index (χ1) is 9.04. The first-order valence-corrected chi connectivity index (χ1v) is 6.07. The summed E-state index contributed by atoms with van der Waals surface area (Å²) in [5, 5.41) is 2.98. The first kappa shape index (κ1) is 15.1. The van der Waals surface area contributed by atoms with E-state index in [-0.39, 0.29) is 18.4 Å². The zero-order valence-electron chi connectivity index (χ0n) is 11.5. The van der Waals surface area contributed by atoms with Crippen molar-refractivity contribution in [2.45, 2.75) is 13.5 Å². The van der Waals surface area contributed by atoms with Gasteiger partial charge in [0.1, 0.15) is 0 Å². The minimum Gasteiger partial charge on any atom is -0.462 e. The molecule has 0 aromatic carbocycles. The summed E-state index contributed by atoms with van der Waals surface area (Å²) < 4.78 is 4.91. The number of pyridine rings is 1. The molecule has 0 saturated carbocycles. The monoisotopic (exact) mass is 265 g/mol. The number of likely N-dealkylation sites (N-methyl/N-ethyl adjacent to an activating group) is 1. The van der Waals surface area contributed by atoms with Crippen molar-refractivity contribution in [3.63, 3.8) is 0 Å². The molecule has 104 valence electrons. The van der Waals surface area contributed by atoms with Crippen LogP contribution in [0, 0.1) is 0 Å². The Balaban J connectivity index is 2.53. The van der Waals surface area contributed by atoms with E-state index >= 15 is 0 Å². The van der Waals surface area contributed by atoms with Gasteiger partial charge in [0, 0.05) is 26.8 Å². The van der Waals surface area contributed by atoms with E-state index in [1.807, 2.05) is 0 Å². The predicted molar refractivity (Wildman–Crippen MR) is 70.6 cm³/mol. The summed E-state index contributed by atoms with van der Waals surface area (Å²) in [5.41, 5.74) is 1.16. The Morgan fingerprint density at radius 2 is 2.16 bits per heavy atom. The zero-order chi connectivity index (χ0) is 14.3. The van der Waals surface area contributed by atoms with Crippen LogP contribution in [0.3, 0.4) is 0 Å². The van der Waals surface area contributed by atoms with Crippen LogP contribution < -0.4 is 5.32 Å². The number of hydrogen-bond donors (Lipinski definition) is 1. The molecule has 0 aliphatic carbocycles. The molecule has 0 aliphatic rings. The summed E-state index contributed by atoms with van der Waals surface area (Å²) in [4.78, 5) is 28.5. The molecule has 1 rings (SSSR count). The first-order valence-electron chi connectivity index (χ1n) is 6.07. The summed E-state index contributed by atoms with van der Waals surface area (Å²) in [6.45, 7) is 2.76. The lowest BCUT2D eigenvalue weighted by atomic mass is 10.2. The minimum atomic E-state index is -0.365. The third-order valence-electron chi connectivity index (χ3n) is 2.41. The lowest BCUT2D eigenvalue weighted by Crippen LogP contribution is -2.32. The van der Waals surface area contributed by atoms with Crippen LogP contribution >= 0.6 is 0 Å². The molecule has 0 saturated heterocycles. The van der Waals surface area contributed by atoms with Gasteiger partial charge in [0.15, 0.2) is 0 Å². The van der Waals surface area contributed by atoms with Crippen LogP contribution in [0.15, 0.2) is 18.3 Å². The highest BCUT2D eigenvalue weighted by Crippen LogP contribution is 2.03. The molecule has 1 aromatic rings. The van der Waals surface area contributed by atoms with E-state index in [0.29, 0.717) is 24.4 Å². The Bertz CT molecular complexity index is 447. The van der Waals surface area contributed by atoms with E-state index < -0.39 is 0 Å². The number of amides is 1. The standard InChI is InChI=1S/C13H19N3O3/c1-4-19-13(18)10-5-6-15-11(7-10)8-14-9-12(17)16(2)3/h5-7,14H,4,8-9H2,1-3H3. The number of nitrogens with one attached hydrogen (secondary N) is 1. The van der Waals surface area contributed by atoms with Crippen LogP contribution in [0.2, 0.25) is 0 Å². The number of hydrogen-bond acceptors (Lipinski definition) is 5. The van der Waals surface area contributed by atoms with Crippen molar-refractivity contribution >= 4 is 11.9 Å². The van der Waals surface area contributed by atoms with Crippen molar-refractivity contribution in [1.82, 2.24) is 15.2 Å². The van der Waals surface area contributed by atoms with Gasteiger partial charge < -0.3 is 15.0 Å². The van der Waals surface area contributed by atoms with Gasteiger partial charge in [-0.05, 0) is 19.1 Å². The highest BCUT2D eigenvalue weighted by molar-refractivity contribution is 5.89. The fourth-order valence-electron chi connectivity index (χ4n) is 1.37. The molecule has 6 nitrogen and oxygen atoms in total. The number of ether oxygens (including phenoxy) is 1. The molecule has 0 fully saturated rings. The van der Waals surface area contributed by atoms with Crippen LogP contribution in [0.5, 0.6) is 0 Å². The van der Waals surface area contributed by atoms with Crippen molar-refractivity contribution in [2.24, 2.45) is 0 Å². The minimum absolute atomic E-state index is 0.0125. The molecular formula is C13H19N3O3. The van der Waals surface area contributed by atoms with Gasteiger partial charge in [-0.25, -0.2) is 4.79 Å². The van der Waals surface area contributed by atoms with Crippen LogP contribution in [-0.4, -0.2) is 49.0 Å². The molecule has 1 aromatic heterocycles. The molecule has 19 heavy (non-hydrogen) atoms. The van der Waals surface area contributed by atoms with E-state index in [4.69, 9.17) is 4.74 Å². The topological polar surface area (TPSA) is 71.5 Å². The molecule has 0 radical (unpaired) electrons. The SMILES string of the molecule is CCOC(=O)c1ccnc(CNCC(=O)N(C)C)c1. The average molecular weight is 265 g/mol. The molecule has 0 bridgehead atoms. The van der Waals surface area contributed by atoms with E-state index in [9.17, 15) is 9.59 Å². The summed E-state index contributed by atoms with van der Waals surface area (Å²) in [7, 11) is 3.40. The summed E-state index contributed by atoms with van der Waals surface area (Å²) in [6, 6.07) is 3.26. The van der Waals surface area contributed by atoms with E-state index in [0.717, 1.165) is 0 Å².